The van der Waals surface area contributed by atoms with Gasteiger partial charge in [0.25, 0.3) is 0 Å². The van der Waals surface area contributed by atoms with Crippen molar-refractivity contribution in [2.75, 3.05) is 20.3 Å². The molecule has 1 aromatic carbocycles. The lowest BCUT2D eigenvalue weighted by molar-refractivity contribution is 0.196. The number of methoxy groups -OCH3 is 1. The second-order valence-corrected chi connectivity index (χ2v) is 6.40. The Balaban J connectivity index is 2.32. The molecule has 2 aromatic rings. The molecular formula is C13H17Br2N5O. The van der Waals surface area contributed by atoms with E-state index in [1.807, 2.05) is 26.0 Å². The summed E-state index contributed by atoms with van der Waals surface area (Å²) in [5.74, 6) is 0.747. The number of ether oxygens (including phenoxy) is 1. The Labute approximate surface area is 140 Å². The van der Waals surface area contributed by atoms with Crippen LogP contribution in [0.2, 0.25) is 0 Å². The summed E-state index contributed by atoms with van der Waals surface area (Å²) in [6.07, 6.45) is 0. The van der Waals surface area contributed by atoms with Gasteiger partial charge in [-0.25, -0.2) is 0 Å². The zero-order valence-corrected chi connectivity index (χ0v) is 15.3. The van der Waals surface area contributed by atoms with Crippen molar-refractivity contribution in [3.63, 3.8) is 0 Å². The summed E-state index contributed by atoms with van der Waals surface area (Å²) in [5.41, 5.74) is 2.04. The number of hydrogen-bond acceptors (Lipinski definition) is 5. The van der Waals surface area contributed by atoms with Crippen molar-refractivity contribution < 1.29 is 4.74 Å². The quantitative estimate of drug-likeness (QED) is 0.730. The molecule has 0 aliphatic rings. The molecular weight excluding hydrogens is 402 g/mol. The fourth-order valence-corrected chi connectivity index (χ4v) is 3.74. The first-order valence-corrected chi connectivity index (χ1v) is 8.09. The topological polar surface area (TPSA) is 64.9 Å². The lowest BCUT2D eigenvalue weighted by Crippen LogP contribution is -2.25. The molecule has 0 bridgehead atoms. The summed E-state index contributed by atoms with van der Waals surface area (Å²) in [5, 5.41) is 15.4. The van der Waals surface area contributed by atoms with E-state index in [2.05, 4.69) is 52.7 Å². The lowest BCUT2D eigenvalue weighted by atomic mass is 10.2. The van der Waals surface area contributed by atoms with Crippen LogP contribution in [-0.4, -0.2) is 40.5 Å². The van der Waals surface area contributed by atoms with Gasteiger partial charge < -0.3 is 10.1 Å². The number of nitrogens with zero attached hydrogens (tertiary/aromatic N) is 4. The van der Waals surface area contributed by atoms with E-state index in [-0.39, 0.29) is 6.04 Å². The largest absolute Gasteiger partial charge is 0.383 e. The molecule has 21 heavy (non-hydrogen) atoms. The zero-order chi connectivity index (χ0) is 15.4. The Morgan fingerprint density at radius 2 is 2.00 bits per heavy atom. The highest BCUT2D eigenvalue weighted by molar-refractivity contribution is 9.11. The van der Waals surface area contributed by atoms with Crippen LogP contribution in [-0.2, 0) is 4.74 Å². The van der Waals surface area contributed by atoms with Crippen LogP contribution in [0.3, 0.4) is 0 Å². The highest BCUT2D eigenvalue weighted by Gasteiger charge is 2.19. The number of halogens is 2. The minimum absolute atomic E-state index is 0.00949. The number of nitrogens with one attached hydrogen (secondary N) is 1. The maximum Gasteiger partial charge on any atom is 0.173 e. The Hall–Kier alpha value is -0.830. The average molecular weight is 419 g/mol. The third-order valence-corrected chi connectivity index (χ3v) is 4.22. The van der Waals surface area contributed by atoms with Crippen molar-refractivity contribution >= 4 is 31.9 Å². The highest BCUT2D eigenvalue weighted by atomic mass is 79.9. The van der Waals surface area contributed by atoms with Gasteiger partial charge in [-0.1, -0.05) is 0 Å². The van der Waals surface area contributed by atoms with E-state index in [4.69, 9.17) is 4.74 Å². The van der Waals surface area contributed by atoms with E-state index in [1.165, 1.54) is 0 Å². The van der Waals surface area contributed by atoms with Gasteiger partial charge in [0.15, 0.2) is 5.82 Å². The van der Waals surface area contributed by atoms with Gasteiger partial charge in [0.2, 0.25) is 0 Å². The van der Waals surface area contributed by atoms with Crippen LogP contribution in [0.1, 0.15) is 24.4 Å². The number of hydrogen-bond donors (Lipinski definition) is 1. The molecule has 2 rings (SSSR count). The standard InChI is InChI=1S/C13H17Br2N5O/c1-8-6-10(14)12(11(15)7-8)20-13(17-18-19-20)9(2)16-4-5-21-3/h6-7,9,16H,4-5H2,1-3H3. The van der Waals surface area contributed by atoms with Gasteiger partial charge in [-0.15, -0.1) is 5.10 Å². The number of aromatic nitrogens is 4. The molecule has 6 nitrogen and oxygen atoms in total. The second-order valence-electron chi connectivity index (χ2n) is 4.69. The molecule has 0 radical (unpaired) electrons. The molecule has 0 aliphatic heterocycles. The minimum Gasteiger partial charge on any atom is -0.383 e. The van der Waals surface area contributed by atoms with Crippen LogP contribution < -0.4 is 5.32 Å². The molecule has 0 amide bonds. The predicted octanol–water partition coefficient (Wildman–Crippen LogP) is 2.79. The molecule has 114 valence electrons. The third-order valence-electron chi connectivity index (χ3n) is 3.01. The SMILES string of the molecule is COCCNC(C)c1nnnn1-c1c(Br)cc(C)cc1Br. The molecule has 1 aromatic heterocycles. The molecule has 1 unspecified atom stereocenters. The average Bonchev–Trinajstić information content (AvgIpc) is 2.87. The monoisotopic (exact) mass is 417 g/mol. The van der Waals surface area contributed by atoms with Gasteiger partial charge in [0, 0.05) is 22.6 Å². The van der Waals surface area contributed by atoms with Crippen molar-refractivity contribution in [1.82, 2.24) is 25.5 Å². The molecule has 0 spiro atoms. The van der Waals surface area contributed by atoms with Crippen LogP contribution >= 0.6 is 31.9 Å². The summed E-state index contributed by atoms with van der Waals surface area (Å²) in [6, 6.07) is 4.08. The van der Waals surface area contributed by atoms with Crippen LogP contribution in [0.15, 0.2) is 21.1 Å². The first-order valence-electron chi connectivity index (χ1n) is 6.51. The molecule has 1 N–H and O–H groups in total. The number of aryl methyl sites for hydroxylation is 1. The highest BCUT2D eigenvalue weighted by Crippen LogP contribution is 2.31. The van der Waals surface area contributed by atoms with Gasteiger partial charge in [-0.2, -0.15) is 4.68 Å². The maximum absolute atomic E-state index is 5.04. The van der Waals surface area contributed by atoms with Gasteiger partial charge >= 0.3 is 0 Å². The maximum atomic E-state index is 5.04. The number of benzene rings is 1. The van der Waals surface area contributed by atoms with Gasteiger partial charge in [0.05, 0.1) is 18.3 Å². The smallest absolute Gasteiger partial charge is 0.173 e. The Kier molecular flexibility index (Phi) is 5.86. The summed E-state index contributed by atoms with van der Waals surface area (Å²) in [7, 11) is 1.68. The van der Waals surface area contributed by atoms with E-state index < -0.39 is 0 Å². The first kappa shape index (κ1) is 16.5. The molecule has 0 fully saturated rings. The van der Waals surface area contributed by atoms with E-state index in [9.17, 15) is 0 Å². The van der Waals surface area contributed by atoms with E-state index in [1.54, 1.807) is 11.8 Å². The van der Waals surface area contributed by atoms with Crippen molar-refractivity contribution in [3.05, 3.63) is 32.5 Å². The van der Waals surface area contributed by atoms with E-state index >= 15 is 0 Å². The molecule has 8 heteroatoms. The van der Waals surface area contributed by atoms with Gasteiger partial charge in [-0.05, 0) is 73.8 Å². The third kappa shape index (κ3) is 3.88. The summed E-state index contributed by atoms with van der Waals surface area (Å²) < 4.78 is 8.65. The fraction of sp³-hybridized carbons (Fsp3) is 0.462. The summed E-state index contributed by atoms with van der Waals surface area (Å²) in [6.45, 7) is 5.44. The molecule has 0 saturated carbocycles. The van der Waals surface area contributed by atoms with E-state index in [0.717, 1.165) is 32.6 Å². The first-order chi connectivity index (χ1) is 10.0. The summed E-state index contributed by atoms with van der Waals surface area (Å²) >= 11 is 7.16. The van der Waals surface area contributed by atoms with Gasteiger partial charge in [0.1, 0.15) is 0 Å². The van der Waals surface area contributed by atoms with Gasteiger partial charge in [-0.3, -0.25) is 0 Å². The Bertz CT molecular complexity index is 593. The Morgan fingerprint density at radius 3 is 2.62 bits per heavy atom. The summed E-state index contributed by atoms with van der Waals surface area (Å²) in [4.78, 5) is 0. The van der Waals surface area contributed by atoms with Crippen LogP contribution in [0.4, 0.5) is 0 Å². The van der Waals surface area contributed by atoms with Crippen molar-refractivity contribution in [2.24, 2.45) is 0 Å². The van der Waals surface area contributed by atoms with E-state index in [0.29, 0.717) is 6.61 Å². The second kappa shape index (κ2) is 7.44. The molecule has 1 heterocycles. The van der Waals surface area contributed by atoms with Crippen LogP contribution in [0.5, 0.6) is 0 Å². The minimum atomic E-state index is 0.00949. The molecule has 1 atom stereocenters. The zero-order valence-electron chi connectivity index (χ0n) is 12.1. The Morgan fingerprint density at radius 1 is 1.33 bits per heavy atom. The number of tetrazole rings is 1. The van der Waals surface area contributed by atoms with Crippen LogP contribution in [0, 0.1) is 6.92 Å². The molecule has 0 aliphatic carbocycles. The normalized spacial score (nSPS) is 12.6. The lowest BCUT2D eigenvalue weighted by Gasteiger charge is -2.15. The molecule has 0 saturated heterocycles. The fourth-order valence-electron chi connectivity index (χ4n) is 1.99. The van der Waals surface area contributed by atoms with Crippen LogP contribution in [0.25, 0.3) is 5.69 Å². The van der Waals surface area contributed by atoms with Crippen molar-refractivity contribution in [3.8, 4) is 5.69 Å². The predicted molar refractivity (Wildman–Crippen MR) is 87.6 cm³/mol. The number of rotatable bonds is 6. The van der Waals surface area contributed by atoms with Crippen molar-refractivity contribution in [1.29, 1.82) is 0 Å². The van der Waals surface area contributed by atoms with Crippen molar-refractivity contribution in [2.45, 2.75) is 19.9 Å².